The van der Waals surface area contributed by atoms with Gasteiger partial charge in [0.1, 0.15) is 0 Å². The van der Waals surface area contributed by atoms with E-state index < -0.39 is 10.8 Å². The Morgan fingerprint density at radius 1 is 0.857 bits per heavy atom. The lowest BCUT2D eigenvalue weighted by Gasteiger charge is -2.41. The van der Waals surface area contributed by atoms with Crippen molar-refractivity contribution in [3.63, 3.8) is 0 Å². The molecule has 0 radical (unpaired) electrons. The van der Waals surface area contributed by atoms with Crippen LogP contribution in [-0.2, 0) is 27.6 Å². The van der Waals surface area contributed by atoms with Crippen LogP contribution in [0.1, 0.15) is 48.3 Å². The predicted octanol–water partition coefficient (Wildman–Crippen LogP) is 5.92. The Morgan fingerprint density at radius 3 is 2.31 bits per heavy atom. The van der Waals surface area contributed by atoms with Gasteiger partial charge in [-0.25, -0.2) is 0 Å². The van der Waals surface area contributed by atoms with Crippen LogP contribution in [0, 0.1) is 5.92 Å². The molecule has 2 unspecified atom stereocenters. The lowest BCUT2D eigenvalue weighted by Crippen LogP contribution is -2.45. The fourth-order valence-electron chi connectivity index (χ4n) is 6.73. The van der Waals surface area contributed by atoms with Gasteiger partial charge >= 0.3 is 0 Å². The Balaban J connectivity index is 1.12. The lowest BCUT2D eigenvalue weighted by molar-refractivity contribution is 0.0405. The number of hydrogen-bond donors (Lipinski definition) is 0. The van der Waals surface area contributed by atoms with Gasteiger partial charge in [-0.3, -0.25) is 4.21 Å². The molecule has 2 heterocycles. The first kappa shape index (κ1) is 23.1. The van der Waals surface area contributed by atoms with Crippen molar-refractivity contribution >= 4 is 10.8 Å². The molecular formula is C31H35NO2S. The van der Waals surface area contributed by atoms with Crippen molar-refractivity contribution in [2.45, 2.75) is 54.6 Å². The highest BCUT2D eigenvalue weighted by atomic mass is 32.2. The molecule has 1 spiro atoms. The zero-order chi connectivity index (χ0) is 23.7. The molecule has 0 aromatic heterocycles. The Kier molecular flexibility index (Phi) is 6.62. The first-order chi connectivity index (χ1) is 17.2. The summed E-state index contributed by atoms with van der Waals surface area (Å²) in [5, 5.41) is 0. The molecule has 182 valence electrons. The van der Waals surface area contributed by atoms with Gasteiger partial charge in [-0.15, -0.1) is 0 Å². The summed E-state index contributed by atoms with van der Waals surface area (Å²) in [6, 6.07) is 30.1. The summed E-state index contributed by atoms with van der Waals surface area (Å²) in [4.78, 5) is 3.76. The van der Waals surface area contributed by atoms with Crippen molar-refractivity contribution in [2.75, 3.05) is 25.4 Å². The first-order valence-corrected chi connectivity index (χ1v) is 14.4. The molecule has 1 aliphatic carbocycles. The highest BCUT2D eigenvalue weighted by Gasteiger charge is 2.45. The summed E-state index contributed by atoms with van der Waals surface area (Å²) in [5.74, 6) is 1.97. The van der Waals surface area contributed by atoms with Crippen LogP contribution in [0.4, 0.5) is 0 Å². The third-order valence-electron chi connectivity index (χ3n) is 8.62. The van der Waals surface area contributed by atoms with Gasteiger partial charge < -0.3 is 9.64 Å². The molecule has 0 amide bonds. The summed E-state index contributed by atoms with van der Waals surface area (Å²) in [6.45, 7) is 4.02. The van der Waals surface area contributed by atoms with Gasteiger partial charge in [0.2, 0.25) is 0 Å². The van der Waals surface area contributed by atoms with Crippen molar-refractivity contribution in [1.82, 2.24) is 4.90 Å². The molecule has 3 nitrogen and oxygen atoms in total. The minimum atomic E-state index is -0.839. The van der Waals surface area contributed by atoms with E-state index in [1.165, 1.54) is 16.7 Å². The molecule has 3 aromatic carbocycles. The average Bonchev–Trinajstić information content (AvgIpc) is 3.44. The highest BCUT2D eigenvalue weighted by Crippen LogP contribution is 2.46. The molecule has 35 heavy (non-hydrogen) atoms. The standard InChI is InChI=1S/C31H35NO2S/c33-35-23-31(29-13-7-8-14-30(29)35)15-17-32(18-16-31)21-26-19-27(34-22-24-9-3-1-4-10-24)20-28(26)25-11-5-2-6-12-25/h1-14,26-28H,15-23H2/t26-,27?,28-,35?/m1/s1. The van der Waals surface area contributed by atoms with E-state index in [-0.39, 0.29) is 5.41 Å². The molecule has 0 N–H and O–H groups in total. The highest BCUT2D eigenvalue weighted by molar-refractivity contribution is 7.85. The van der Waals surface area contributed by atoms with Crippen LogP contribution in [0.5, 0.6) is 0 Å². The molecule has 0 bridgehead atoms. The molecule has 4 atom stereocenters. The van der Waals surface area contributed by atoms with Crippen molar-refractivity contribution in [3.8, 4) is 0 Å². The van der Waals surface area contributed by atoms with Crippen LogP contribution in [0.25, 0.3) is 0 Å². The van der Waals surface area contributed by atoms with Crippen molar-refractivity contribution in [1.29, 1.82) is 0 Å². The Morgan fingerprint density at radius 2 is 1.54 bits per heavy atom. The second kappa shape index (κ2) is 10.0. The molecule has 3 aliphatic rings. The van der Waals surface area contributed by atoms with Crippen LogP contribution in [0.2, 0.25) is 0 Å². The van der Waals surface area contributed by atoms with Gasteiger partial charge in [0, 0.05) is 22.6 Å². The fraction of sp³-hybridized carbons (Fsp3) is 0.419. The van der Waals surface area contributed by atoms with E-state index in [2.05, 4.69) is 83.8 Å². The van der Waals surface area contributed by atoms with Gasteiger partial charge in [0.15, 0.2) is 0 Å². The number of fused-ring (bicyclic) bond motifs is 2. The summed E-state index contributed by atoms with van der Waals surface area (Å²) in [7, 11) is -0.839. The molecule has 3 aromatic rings. The minimum absolute atomic E-state index is 0.119. The van der Waals surface area contributed by atoms with Crippen LogP contribution < -0.4 is 0 Å². The van der Waals surface area contributed by atoms with Crippen molar-refractivity contribution < 1.29 is 8.95 Å². The smallest absolute Gasteiger partial charge is 0.0720 e. The summed E-state index contributed by atoms with van der Waals surface area (Å²) in [6.07, 6.45) is 4.77. The maximum atomic E-state index is 12.8. The van der Waals surface area contributed by atoms with Gasteiger partial charge in [-0.05, 0) is 73.4 Å². The van der Waals surface area contributed by atoms with E-state index in [0.717, 1.165) is 56.0 Å². The Hall–Kier alpha value is -2.27. The molecular weight excluding hydrogens is 450 g/mol. The van der Waals surface area contributed by atoms with E-state index >= 15 is 0 Å². The maximum absolute atomic E-state index is 12.8. The summed E-state index contributed by atoms with van der Waals surface area (Å²) < 4.78 is 19.2. The number of benzene rings is 3. The van der Waals surface area contributed by atoms with Gasteiger partial charge in [-0.2, -0.15) is 0 Å². The van der Waals surface area contributed by atoms with Crippen LogP contribution in [0.15, 0.2) is 89.8 Å². The largest absolute Gasteiger partial charge is 0.374 e. The Labute approximate surface area is 212 Å². The zero-order valence-electron chi connectivity index (χ0n) is 20.4. The Bertz CT molecular complexity index is 1160. The van der Waals surface area contributed by atoms with Gasteiger partial charge in [0.25, 0.3) is 0 Å². The number of likely N-dealkylation sites (tertiary alicyclic amines) is 1. The van der Waals surface area contributed by atoms with E-state index in [0.29, 0.717) is 24.5 Å². The molecule has 1 saturated heterocycles. The third kappa shape index (κ3) is 4.76. The molecule has 2 aliphatic heterocycles. The third-order valence-corrected chi connectivity index (χ3v) is 10.3. The second-order valence-electron chi connectivity index (χ2n) is 10.7. The quantitative estimate of drug-likeness (QED) is 0.434. The van der Waals surface area contributed by atoms with Crippen LogP contribution in [0.3, 0.4) is 0 Å². The second-order valence-corrected chi connectivity index (χ2v) is 12.2. The van der Waals surface area contributed by atoms with E-state index in [4.69, 9.17) is 4.74 Å². The van der Waals surface area contributed by atoms with Crippen molar-refractivity contribution in [3.05, 3.63) is 102 Å². The number of ether oxygens (including phenoxy) is 1. The van der Waals surface area contributed by atoms with E-state index in [1.807, 2.05) is 6.07 Å². The SMILES string of the molecule is O=S1CC2(CCN(C[C@H]3CC(OCc4ccccc4)C[C@@H]3c3ccccc3)CC2)c2ccccc21. The molecule has 1 saturated carbocycles. The van der Waals surface area contributed by atoms with Gasteiger partial charge in [0.05, 0.1) is 23.5 Å². The first-order valence-electron chi connectivity index (χ1n) is 13.1. The monoisotopic (exact) mass is 485 g/mol. The number of piperidine rings is 1. The molecule has 6 rings (SSSR count). The normalized spacial score (nSPS) is 27.8. The minimum Gasteiger partial charge on any atom is -0.374 e. The predicted molar refractivity (Wildman–Crippen MR) is 142 cm³/mol. The number of nitrogens with zero attached hydrogens (tertiary/aromatic N) is 1. The topological polar surface area (TPSA) is 29.5 Å². The number of rotatable bonds is 6. The van der Waals surface area contributed by atoms with E-state index in [1.54, 1.807) is 0 Å². The van der Waals surface area contributed by atoms with Gasteiger partial charge in [-0.1, -0.05) is 78.9 Å². The number of hydrogen-bond acceptors (Lipinski definition) is 3. The molecule has 4 heteroatoms. The van der Waals surface area contributed by atoms with Crippen LogP contribution in [-0.4, -0.2) is 40.6 Å². The zero-order valence-corrected chi connectivity index (χ0v) is 21.2. The van der Waals surface area contributed by atoms with Crippen LogP contribution >= 0.6 is 0 Å². The summed E-state index contributed by atoms with van der Waals surface area (Å²) in [5.41, 5.74) is 4.18. The fourth-order valence-corrected chi connectivity index (χ4v) is 8.59. The maximum Gasteiger partial charge on any atom is 0.0720 e. The van der Waals surface area contributed by atoms with E-state index in [9.17, 15) is 4.21 Å². The lowest BCUT2D eigenvalue weighted by atomic mass is 9.74. The van der Waals surface area contributed by atoms with Crippen molar-refractivity contribution in [2.24, 2.45) is 5.92 Å². The molecule has 2 fully saturated rings. The summed E-state index contributed by atoms with van der Waals surface area (Å²) >= 11 is 0. The average molecular weight is 486 g/mol.